The predicted molar refractivity (Wildman–Crippen MR) is 141 cm³/mol. The van der Waals surface area contributed by atoms with E-state index in [0.717, 1.165) is 29.7 Å². The fourth-order valence-corrected chi connectivity index (χ4v) is 4.81. The van der Waals surface area contributed by atoms with Gasteiger partial charge in [-0.05, 0) is 48.6 Å². The lowest BCUT2D eigenvalue weighted by Gasteiger charge is -2.23. The fourth-order valence-electron chi connectivity index (χ4n) is 4.30. The van der Waals surface area contributed by atoms with E-state index in [-0.39, 0.29) is 18.6 Å². The maximum atomic E-state index is 12.7. The van der Waals surface area contributed by atoms with Gasteiger partial charge in [-0.3, -0.25) is 9.78 Å². The van der Waals surface area contributed by atoms with E-state index >= 15 is 0 Å². The zero-order chi connectivity index (χ0) is 24.9. The number of hydrogen-bond acceptors (Lipinski definition) is 5. The number of thiazole rings is 1. The number of nitrogens with one attached hydrogen (secondary N) is 1. The smallest absolute Gasteiger partial charge is 0.407 e. The van der Waals surface area contributed by atoms with Crippen molar-refractivity contribution in [1.29, 1.82) is 0 Å². The van der Waals surface area contributed by atoms with Crippen molar-refractivity contribution < 1.29 is 14.3 Å². The molecule has 1 amide bonds. The first-order valence-corrected chi connectivity index (χ1v) is 13.3. The minimum absolute atomic E-state index is 0.0789. The van der Waals surface area contributed by atoms with E-state index in [1.807, 2.05) is 36.4 Å². The highest BCUT2D eigenvalue weighted by molar-refractivity contribution is 7.09. The first kappa shape index (κ1) is 26.6. The minimum Gasteiger partial charge on any atom is -0.444 e. The van der Waals surface area contributed by atoms with E-state index in [1.54, 1.807) is 11.7 Å². The minimum atomic E-state index is -0.421. The van der Waals surface area contributed by atoms with Gasteiger partial charge in [0.05, 0.1) is 10.4 Å². The number of rotatable bonds is 14. The molecule has 0 radical (unpaired) electrons. The van der Waals surface area contributed by atoms with Crippen molar-refractivity contribution in [3.05, 3.63) is 88.4 Å². The molecule has 0 fully saturated rings. The van der Waals surface area contributed by atoms with Gasteiger partial charge in [-0.25, -0.2) is 4.79 Å². The maximum absolute atomic E-state index is 12.7. The molecule has 1 N–H and O–H groups in total. The third-order valence-electron chi connectivity index (χ3n) is 5.92. The third-order valence-corrected chi connectivity index (χ3v) is 6.67. The standard InChI is InChI=1S/C29H36N2O3S/c1-22(2)15-27(32)18-25(16-23-9-5-3-6-10-23)13-14-26(17-24-11-7-4-8-12-24)31-29(33)34-20-28-19-30-21-35-28/h3-12,19,21-22,25-26H,13-18,20H2,1-2H3,(H,31,33)/t25-,26-/m1/s1. The Hall–Kier alpha value is -2.99. The molecule has 1 aromatic heterocycles. The lowest BCUT2D eigenvalue weighted by molar-refractivity contribution is -0.120. The van der Waals surface area contributed by atoms with Crippen LogP contribution in [0.5, 0.6) is 0 Å². The van der Waals surface area contributed by atoms with E-state index in [4.69, 9.17) is 4.74 Å². The van der Waals surface area contributed by atoms with Crippen molar-refractivity contribution in [1.82, 2.24) is 10.3 Å². The summed E-state index contributed by atoms with van der Waals surface area (Å²) in [6, 6.07) is 20.4. The van der Waals surface area contributed by atoms with Gasteiger partial charge in [0.2, 0.25) is 0 Å². The topological polar surface area (TPSA) is 68.3 Å². The lowest BCUT2D eigenvalue weighted by Crippen LogP contribution is -2.37. The molecule has 0 aliphatic carbocycles. The van der Waals surface area contributed by atoms with Crippen LogP contribution in [0.25, 0.3) is 0 Å². The highest BCUT2D eigenvalue weighted by Gasteiger charge is 2.20. The number of ether oxygens (including phenoxy) is 1. The summed E-state index contributed by atoms with van der Waals surface area (Å²) in [5, 5.41) is 3.07. The van der Waals surface area contributed by atoms with Crippen molar-refractivity contribution >= 4 is 23.2 Å². The molecule has 2 aromatic carbocycles. The largest absolute Gasteiger partial charge is 0.444 e. The summed E-state index contributed by atoms with van der Waals surface area (Å²) < 4.78 is 5.43. The van der Waals surface area contributed by atoms with Gasteiger partial charge in [-0.2, -0.15) is 0 Å². The number of alkyl carbamates (subject to hydrolysis) is 1. The zero-order valence-corrected chi connectivity index (χ0v) is 21.5. The van der Waals surface area contributed by atoms with Crippen LogP contribution in [0, 0.1) is 11.8 Å². The number of hydrogen-bond donors (Lipinski definition) is 1. The van der Waals surface area contributed by atoms with Crippen molar-refractivity contribution in [2.45, 2.75) is 65.0 Å². The monoisotopic (exact) mass is 492 g/mol. The molecule has 0 aliphatic rings. The molecule has 3 rings (SSSR count). The van der Waals surface area contributed by atoms with E-state index in [2.05, 4.69) is 48.4 Å². The molecule has 5 nitrogen and oxygen atoms in total. The van der Waals surface area contributed by atoms with E-state index in [9.17, 15) is 9.59 Å². The Morgan fingerprint density at radius 3 is 2.17 bits per heavy atom. The van der Waals surface area contributed by atoms with Gasteiger partial charge >= 0.3 is 6.09 Å². The number of aromatic nitrogens is 1. The zero-order valence-electron chi connectivity index (χ0n) is 20.7. The van der Waals surface area contributed by atoms with Gasteiger partial charge in [0.25, 0.3) is 0 Å². The van der Waals surface area contributed by atoms with Crippen molar-refractivity contribution in [3.63, 3.8) is 0 Å². The Labute approximate surface area is 213 Å². The number of benzene rings is 2. The number of ketones is 1. The van der Waals surface area contributed by atoms with E-state index in [0.29, 0.717) is 31.0 Å². The molecule has 0 saturated heterocycles. The summed E-state index contributed by atoms with van der Waals surface area (Å²) in [5.74, 6) is 0.912. The molecule has 0 spiro atoms. The molecule has 0 saturated carbocycles. The van der Waals surface area contributed by atoms with Crippen LogP contribution in [0.2, 0.25) is 0 Å². The van der Waals surface area contributed by atoms with Crippen molar-refractivity contribution in [2.24, 2.45) is 11.8 Å². The fraction of sp³-hybridized carbons (Fsp3) is 0.414. The molecule has 6 heteroatoms. The SMILES string of the molecule is CC(C)CC(=O)C[C@H](CC[C@H](Cc1ccccc1)NC(=O)OCc1cncs1)Cc1ccccc1. The van der Waals surface area contributed by atoms with Gasteiger partial charge in [0, 0.05) is 25.1 Å². The van der Waals surface area contributed by atoms with Crippen LogP contribution in [0.15, 0.2) is 72.4 Å². The Balaban J connectivity index is 1.64. The molecule has 1 heterocycles. The van der Waals surface area contributed by atoms with Crippen LogP contribution in [0.3, 0.4) is 0 Å². The number of nitrogens with zero attached hydrogens (tertiary/aromatic N) is 1. The van der Waals surface area contributed by atoms with Crippen LogP contribution in [0.4, 0.5) is 4.79 Å². The Bertz CT molecular complexity index is 1010. The molecule has 35 heavy (non-hydrogen) atoms. The molecule has 0 aliphatic heterocycles. The van der Waals surface area contributed by atoms with Crippen LogP contribution < -0.4 is 5.32 Å². The number of Topliss-reactive ketones (excluding diaryl/α,β-unsaturated/α-hetero) is 1. The quantitative estimate of drug-likeness (QED) is 0.274. The highest BCUT2D eigenvalue weighted by atomic mass is 32.1. The second kappa shape index (κ2) is 14.4. The van der Waals surface area contributed by atoms with Crippen molar-refractivity contribution in [2.75, 3.05) is 0 Å². The van der Waals surface area contributed by atoms with Gasteiger partial charge < -0.3 is 10.1 Å². The van der Waals surface area contributed by atoms with Gasteiger partial charge in [-0.15, -0.1) is 11.3 Å². The first-order chi connectivity index (χ1) is 17.0. The maximum Gasteiger partial charge on any atom is 0.407 e. The van der Waals surface area contributed by atoms with E-state index < -0.39 is 6.09 Å². The third kappa shape index (κ3) is 10.4. The first-order valence-electron chi connectivity index (χ1n) is 12.4. The molecular formula is C29H36N2O3S. The molecule has 186 valence electrons. The molecular weight excluding hydrogens is 456 g/mol. The predicted octanol–water partition coefficient (Wildman–Crippen LogP) is 6.63. The van der Waals surface area contributed by atoms with Crippen LogP contribution in [-0.2, 0) is 29.0 Å². The van der Waals surface area contributed by atoms with Crippen molar-refractivity contribution in [3.8, 4) is 0 Å². The van der Waals surface area contributed by atoms with E-state index in [1.165, 1.54) is 16.9 Å². The van der Waals surface area contributed by atoms with Gasteiger partial charge in [-0.1, -0.05) is 74.5 Å². The number of carbonyl (C=O) groups excluding carboxylic acids is 2. The summed E-state index contributed by atoms with van der Waals surface area (Å²) in [6.07, 6.45) is 5.67. The second-order valence-corrected chi connectivity index (χ2v) is 10.5. The molecule has 0 unspecified atom stereocenters. The lowest BCUT2D eigenvalue weighted by atomic mass is 9.86. The number of amides is 1. The Morgan fingerprint density at radius 2 is 1.57 bits per heavy atom. The van der Waals surface area contributed by atoms with Crippen LogP contribution >= 0.6 is 11.3 Å². The normalized spacial score (nSPS) is 12.8. The summed E-state index contributed by atoms with van der Waals surface area (Å²) in [4.78, 5) is 30.2. The van der Waals surface area contributed by atoms with Crippen LogP contribution in [-0.4, -0.2) is 22.9 Å². The second-order valence-electron chi connectivity index (χ2n) is 9.55. The van der Waals surface area contributed by atoms with Gasteiger partial charge in [0.15, 0.2) is 0 Å². The highest BCUT2D eigenvalue weighted by Crippen LogP contribution is 2.22. The van der Waals surface area contributed by atoms with Crippen LogP contribution in [0.1, 0.15) is 55.5 Å². The summed E-state index contributed by atoms with van der Waals surface area (Å²) >= 11 is 1.46. The Kier molecular flexibility index (Phi) is 11.0. The Morgan fingerprint density at radius 1 is 0.914 bits per heavy atom. The summed E-state index contributed by atoms with van der Waals surface area (Å²) in [5.41, 5.74) is 4.13. The summed E-state index contributed by atoms with van der Waals surface area (Å²) in [6.45, 7) is 4.39. The summed E-state index contributed by atoms with van der Waals surface area (Å²) in [7, 11) is 0. The number of carbonyl (C=O) groups is 2. The molecule has 0 bridgehead atoms. The molecule has 3 aromatic rings. The van der Waals surface area contributed by atoms with Gasteiger partial charge in [0.1, 0.15) is 12.4 Å². The molecule has 2 atom stereocenters. The average Bonchev–Trinajstić information content (AvgIpc) is 3.36. The average molecular weight is 493 g/mol.